The van der Waals surface area contributed by atoms with E-state index in [4.69, 9.17) is 18.6 Å². The topological polar surface area (TPSA) is 116 Å². The molecule has 0 saturated carbocycles. The molecule has 26 heavy (non-hydrogen) atoms. The lowest BCUT2D eigenvalue weighted by Crippen LogP contribution is -2.51. The molecule has 2 N–H and O–H groups in total. The molecule has 0 aliphatic carbocycles. The Balaban J connectivity index is 1.42. The molecule has 2 heterocycles. The molecule has 1 aromatic carbocycles. The molecule has 136 valence electrons. The Hall–Kier alpha value is -3.49. The van der Waals surface area contributed by atoms with Crippen LogP contribution in [-0.2, 0) is 14.3 Å². The second-order valence-corrected chi connectivity index (χ2v) is 5.41. The van der Waals surface area contributed by atoms with E-state index in [1.54, 1.807) is 37.3 Å². The molecular weight excluding hydrogens is 344 g/mol. The molecule has 9 nitrogen and oxygen atoms in total. The van der Waals surface area contributed by atoms with Gasteiger partial charge in [0.1, 0.15) is 6.61 Å². The van der Waals surface area contributed by atoms with Gasteiger partial charge in [0.05, 0.1) is 6.26 Å². The SMILES string of the molecule is Cc1ccoc1C(=O)OCC(=O)NNC(=O)C1COc2ccccc2O1. The summed E-state index contributed by atoms with van der Waals surface area (Å²) < 4.78 is 20.7. The van der Waals surface area contributed by atoms with E-state index in [2.05, 4.69) is 10.9 Å². The number of furan rings is 1. The smallest absolute Gasteiger partial charge is 0.375 e. The molecule has 1 unspecified atom stereocenters. The zero-order valence-electron chi connectivity index (χ0n) is 13.8. The molecule has 0 spiro atoms. The summed E-state index contributed by atoms with van der Waals surface area (Å²) in [5, 5.41) is 0. The summed E-state index contributed by atoms with van der Waals surface area (Å²) >= 11 is 0. The number of fused-ring (bicyclic) bond motifs is 1. The number of benzene rings is 1. The third-order valence-electron chi connectivity index (χ3n) is 3.51. The average Bonchev–Trinajstić information content (AvgIpc) is 3.09. The number of amides is 2. The van der Waals surface area contributed by atoms with Gasteiger partial charge in [0.2, 0.25) is 11.9 Å². The van der Waals surface area contributed by atoms with E-state index < -0.39 is 30.5 Å². The summed E-state index contributed by atoms with van der Waals surface area (Å²) in [6.07, 6.45) is 0.426. The Morgan fingerprint density at radius 3 is 2.65 bits per heavy atom. The second-order valence-electron chi connectivity index (χ2n) is 5.41. The van der Waals surface area contributed by atoms with Crippen LogP contribution in [0.1, 0.15) is 16.1 Å². The summed E-state index contributed by atoms with van der Waals surface area (Å²) in [7, 11) is 0. The van der Waals surface area contributed by atoms with Crippen molar-refractivity contribution in [3.63, 3.8) is 0 Å². The fourth-order valence-electron chi connectivity index (χ4n) is 2.18. The minimum Gasteiger partial charge on any atom is -0.485 e. The number of rotatable bonds is 4. The predicted molar refractivity (Wildman–Crippen MR) is 86.4 cm³/mol. The number of hydrogen-bond acceptors (Lipinski definition) is 7. The molecule has 0 fully saturated rings. The van der Waals surface area contributed by atoms with E-state index >= 15 is 0 Å². The highest BCUT2D eigenvalue weighted by atomic mass is 16.6. The molecule has 3 rings (SSSR count). The van der Waals surface area contributed by atoms with Crippen molar-refractivity contribution in [2.45, 2.75) is 13.0 Å². The number of hydrogen-bond donors (Lipinski definition) is 2. The number of esters is 1. The van der Waals surface area contributed by atoms with Gasteiger partial charge in [-0.3, -0.25) is 20.4 Å². The number of carbonyl (C=O) groups is 3. The van der Waals surface area contributed by atoms with Gasteiger partial charge in [-0.15, -0.1) is 0 Å². The van der Waals surface area contributed by atoms with Crippen LogP contribution in [0.15, 0.2) is 41.0 Å². The maximum absolute atomic E-state index is 12.0. The summed E-state index contributed by atoms with van der Waals surface area (Å²) in [5.41, 5.74) is 4.93. The third-order valence-corrected chi connectivity index (χ3v) is 3.51. The van der Waals surface area contributed by atoms with Crippen LogP contribution in [0.5, 0.6) is 11.5 Å². The maximum Gasteiger partial charge on any atom is 0.375 e. The number of nitrogens with one attached hydrogen (secondary N) is 2. The van der Waals surface area contributed by atoms with Crippen molar-refractivity contribution in [1.82, 2.24) is 10.9 Å². The highest BCUT2D eigenvalue weighted by molar-refractivity contribution is 5.90. The van der Waals surface area contributed by atoms with Gasteiger partial charge in [0.25, 0.3) is 11.8 Å². The van der Waals surface area contributed by atoms with Gasteiger partial charge in [0, 0.05) is 5.56 Å². The summed E-state index contributed by atoms with van der Waals surface area (Å²) in [6, 6.07) is 8.53. The normalized spacial score (nSPS) is 15.0. The van der Waals surface area contributed by atoms with Crippen LogP contribution in [0.3, 0.4) is 0 Å². The van der Waals surface area contributed by atoms with Gasteiger partial charge in [-0.05, 0) is 25.1 Å². The van der Waals surface area contributed by atoms with Gasteiger partial charge in [0.15, 0.2) is 18.1 Å². The molecule has 0 bridgehead atoms. The zero-order valence-corrected chi connectivity index (χ0v) is 13.8. The standard InChI is InChI=1S/C17H16N2O7/c1-10-6-7-23-15(10)17(22)25-9-14(20)18-19-16(21)13-8-24-11-4-2-3-5-12(11)26-13/h2-7,13H,8-9H2,1H3,(H,18,20)(H,19,21). The van der Waals surface area contributed by atoms with Crippen molar-refractivity contribution in [2.24, 2.45) is 0 Å². The number of carbonyl (C=O) groups excluding carboxylic acids is 3. The number of para-hydroxylation sites is 2. The molecule has 1 aliphatic heterocycles. The van der Waals surface area contributed by atoms with Crippen molar-refractivity contribution in [1.29, 1.82) is 0 Å². The summed E-state index contributed by atoms with van der Waals surface area (Å²) in [5.74, 6) is -1.08. The number of aryl methyl sites for hydroxylation is 1. The maximum atomic E-state index is 12.0. The largest absolute Gasteiger partial charge is 0.485 e. The fourth-order valence-corrected chi connectivity index (χ4v) is 2.18. The van der Waals surface area contributed by atoms with E-state index in [1.165, 1.54) is 6.26 Å². The molecule has 9 heteroatoms. The van der Waals surface area contributed by atoms with Crippen LogP contribution in [0.25, 0.3) is 0 Å². The Morgan fingerprint density at radius 2 is 1.92 bits per heavy atom. The second kappa shape index (κ2) is 7.60. The Labute approximate surface area is 148 Å². The number of hydrazine groups is 1. The lowest BCUT2D eigenvalue weighted by atomic mass is 10.2. The van der Waals surface area contributed by atoms with E-state index in [1.807, 2.05) is 0 Å². The third kappa shape index (κ3) is 3.94. The molecule has 1 aliphatic rings. The van der Waals surface area contributed by atoms with Crippen molar-refractivity contribution >= 4 is 17.8 Å². The highest BCUT2D eigenvalue weighted by Gasteiger charge is 2.27. The first-order valence-corrected chi connectivity index (χ1v) is 7.73. The van der Waals surface area contributed by atoms with Crippen molar-refractivity contribution in [3.05, 3.63) is 47.9 Å². The molecule has 0 saturated heterocycles. The van der Waals surface area contributed by atoms with Gasteiger partial charge in [-0.2, -0.15) is 0 Å². The van der Waals surface area contributed by atoms with E-state index in [9.17, 15) is 14.4 Å². The summed E-state index contributed by atoms with van der Waals surface area (Å²) in [4.78, 5) is 35.4. The van der Waals surface area contributed by atoms with Gasteiger partial charge >= 0.3 is 5.97 Å². The van der Waals surface area contributed by atoms with Crippen LogP contribution < -0.4 is 20.3 Å². The monoisotopic (exact) mass is 360 g/mol. The Bertz CT molecular complexity index is 830. The van der Waals surface area contributed by atoms with E-state index in [0.29, 0.717) is 17.1 Å². The first kappa shape index (κ1) is 17.3. The van der Waals surface area contributed by atoms with Crippen molar-refractivity contribution in [2.75, 3.05) is 13.2 Å². The molecule has 1 atom stereocenters. The van der Waals surface area contributed by atoms with Crippen LogP contribution in [0.4, 0.5) is 0 Å². The quantitative estimate of drug-likeness (QED) is 0.610. The first-order chi connectivity index (χ1) is 12.5. The van der Waals surface area contributed by atoms with Gasteiger partial charge in [-0.25, -0.2) is 4.79 Å². The van der Waals surface area contributed by atoms with Crippen molar-refractivity contribution in [3.8, 4) is 11.5 Å². The average molecular weight is 360 g/mol. The first-order valence-electron chi connectivity index (χ1n) is 7.73. The minimum absolute atomic E-state index is 0.00543. The van der Waals surface area contributed by atoms with E-state index in [0.717, 1.165) is 0 Å². The highest BCUT2D eigenvalue weighted by Crippen LogP contribution is 2.30. The van der Waals surface area contributed by atoms with Crippen molar-refractivity contribution < 1.29 is 33.0 Å². The molecule has 1 aromatic heterocycles. The molecule has 2 aromatic rings. The molecule has 2 amide bonds. The Kier molecular flexibility index (Phi) is 5.07. The lowest BCUT2D eigenvalue weighted by Gasteiger charge is -2.25. The summed E-state index contributed by atoms with van der Waals surface area (Å²) in [6.45, 7) is 1.10. The minimum atomic E-state index is -0.918. The van der Waals surface area contributed by atoms with Crippen LogP contribution in [0, 0.1) is 6.92 Å². The van der Waals surface area contributed by atoms with Crippen LogP contribution in [0.2, 0.25) is 0 Å². The fraction of sp³-hybridized carbons (Fsp3) is 0.235. The van der Waals surface area contributed by atoms with Crippen LogP contribution in [-0.4, -0.2) is 37.1 Å². The predicted octanol–water partition coefficient (Wildman–Crippen LogP) is 0.732. The molecule has 0 radical (unpaired) electrons. The van der Waals surface area contributed by atoms with Gasteiger partial charge in [-0.1, -0.05) is 12.1 Å². The zero-order chi connectivity index (χ0) is 18.5. The molecular formula is C17H16N2O7. The lowest BCUT2D eigenvalue weighted by molar-refractivity contribution is -0.135. The van der Waals surface area contributed by atoms with E-state index in [-0.39, 0.29) is 12.4 Å². The Morgan fingerprint density at radius 1 is 1.15 bits per heavy atom. The number of ether oxygens (including phenoxy) is 3. The van der Waals surface area contributed by atoms with Gasteiger partial charge < -0.3 is 18.6 Å². The van der Waals surface area contributed by atoms with Crippen LogP contribution >= 0.6 is 0 Å².